The zero-order valence-electron chi connectivity index (χ0n) is 13.0. The average molecular weight is 295 g/mol. The van der Waals surface area contributed by atoms with Crippen molar-refractivity contribution < 1.29 is 9.53 Å². The number of esters is 1. The fraction of sp³-hybridized carbons (Fsp3) is 0.211. The van der Waals surface area contributed by atoms with Crippen LogP contribution >= 0.6 is 0 Å². The molecule has 0 aromatic heterocycles. The van der Waals surface area contributed by atoms with Crippen molar-refractivity contribution in [2.24, 2.45) is 0 Å². The number of benzene rings is 2. The highest BCUT2D eigenvalue weighted by Gasteiger charge is 2.21. The van der Waals surface area contributed by atoms with E-state index in [1.165, 1.54) is 12.7 Å². The maximum absolute atomic E-state index is 11.9. The summed E-state index contributed by atoms with van der Waals surface area (Å²) in [6, 6.07) is 17.6. The predicted octanol–water partition coefficient (Wildman–Crippen LogP) is 4.13. The van der Waals surface area contributed by atoms with Gasteiger partial charge in [-0.2, -0.15) is 0 Å². The normalized spacial score (nSPS) is 11.5. The summed E-state index contributed by atoms with van der Waals surface area (Å²) in [5.74, 6) is -0.411. The molecule has 3 nitrogen and oxygen atoms in total. The summed E-state index contributed by atoms with van der Waals surface area (Å²) in [5, 5.41) is 3.36. The van der Waals surface area contributed by atoms with Crippen molar-refractivity contribution in [2.45, 2.75) is 19.4 Å². The van der Waals surface area contributed by atoms with Crippen LogP contribution in [0.1, 0.15) is 24.1 Å². The third-order valence-corrected chi connectivity index (χ3v) is 3.60. The van der Waals surface area contributed by atoms with Gasteiger partial charge in [0.05, 0.1) is 18.7 Å². The van der Waals surface area contributed by atoms with Crippen LogP contribution in [0, 0.1) is 0 Å². The van der Waals surface area contributed by atoms with E-state index in [4.69, 9.17) is 4.74 Å². The summed E-state index contributed by atoms with van der Waals surface area (Å²) >= 11 is 0. The van der Waals surface area contributed by atoms with Crippen molar-refractivity contribution >= 4 is 11.7 Å². The summed E-state index contributed by atoms with van der Waals surface area (Å²) in [4.78, 5) is 11.9. The molecule has 1 N–H and O–H groups in total. The Hall–Kier alpha value is -2.55. The van der Waals surface area contributed by atoms with E-state index in [9.17, 15) is 4.79 Å². The summed E-state index contributed by atoms with van der Waals surface area (Å²) in [6.07, 6.45) is 0.997. The van der Waals surface area contributed by atoms with Gasteiger partial charge in [-0.15, -0.1) is 0 Å². The molecule has 2 aromatic carbocycles. The lowest BCUT2D eigenvalue weighted by atomic mass is 9.99. The maximum atomic E-state index is 11.9. The first-order valence-electron chi connectivity index (χ1n) is 7.33. The van der Waals surface area contributed by atoms with E-state index >= 15 is 0 Å². The van der Waals surface area contributed by atoms with Crippen molar-refractivity contribution in [3.05, 3.63) is 77.9 Å². The SMILES string of the molecule is C=C(C(=O)OC)C(Nc1ccc(CC)cc1)c1ccccc1. The molecule has 0 saturated heterocycles. The van der Waals surface area contributed by atoms with E-state index < -0.39 is 5.97 Å². The molecule has 0 heterocycles. The van der Waals surface area contributed by atoms with Gasteiger partial charge in [0.25, 0.3) is 0 Å². The van der Waals surface area contributed by atoms with Crippen LogP contribution in [0.3, 0.4) is 0 Å². The van der Waals surface area contributed by atoms with Gasteiger partial charge in [-0.25, -0.2) is 4.79 Å². The summed E-state index contributed by atoms with van der Waals surface area (Å²) < 4.78 is 4.81. The van der Waals surface area contributed by atoms with Gasteiger partial charge in [0.2, 0.25) is 0 Å². The van der Waals surface area contributed by atoms with E-state index in [1.54, 1.807) is 0 Å². The van der Waals surface area contributed by atoms with Gasteiger partial charge >= 0.3 is 5.97 Å². The molecule has 0 amide bonds. The molecule has 0 saturated carbocycles. The Balaban J connectivity index is 2.27. The number of ether oxygens (including phenoxy) is 1. The Morgan fingerprint density at radius 3 is 2.32 bits per heavy atom. The first-order valence-corrected chi connectivity index (χ1v) is 7.33. The minimum absolute atomic E-state index is 0.318. The van der Waals surface area contributed by atoms with Gasteiger partial charge in [-0.3, -0.25) is 0 Å². The number of carbonyl (C=O) groups excluding carboxylic acids is 1. The number of anilines is 1. The molecular formula is C19H21NO2. The van der Waals surface area contributed by atoms with Crippen molar-refractivity contribution in [3.8, 4) is 0 Å². The second kappa shape index (κ2) is 7.46. The molecule has 22 heavy (non-hydrogen) atoms. The minimum atomic E-state index is -0.411. The van der Waals surface area contributed by atoms with Crippen LogP contribution in [0.25, 0.3) is 0 Å². The second-order valence-electron chi connectivity index (χ2n) is 5.06. The number of carbonyl (C=O) groups is 1. The third kappa shape index (κ3) is 3.76. The van der Waals surface area contributed by atoms with Gasteiger partial charge in [0.1, 0.15) is 0 Å². The Bertz CT molecular complexity index is 632. The van der Waals surface area contributed by atoms with E-state index in [2.05, 4.69) is 31.0 Å². The standard InChI is InChI=1S/C19H21NO2/c1-4-15-10-12-17(13-11-15)20-18(14(2)19(21)22-3)16-8-6-5-7-9-16/h5-13,18,20H,2,4H2,1,3H3. The molecule has 0 aliphatic rings. The quantitative estimate of drug-likeness (QED) is 0.643. The zero-order valence-corrected chi connectivity index (χ0v) is 13.0. The van der Waals surface area contributed by atoms with Crippen molar-refractivity contribution in [1.29, 1.82) is 0 Å². The Labute approximate surface area is 131 Å². The number of hydrogen-bond donors (Lipinski definition) is 1. The Morgan fingerprint density at radius 2 is 1.77 bits per heavy atom. The highest BCUT2D eigenvalue weighted by Crippen LogP contribution is 2.26. The molecule has 0 radical (unpaired) electrons. The van der Waals surface area contributed by atoms with Gasteiger partial charge in [-0.05, 0) is 29.7 Å². The van der Waals surface area contributed by atoms with E-state index in [-0.39, 0.29) is 6.04 Å². The average Bonchev–Trinajstić information content (AvgIpc) is 2.59. The summed E-state index contributed by atoms with van der Waals surface area (Å²) in [6.45, 7) is 6.01. The van der Waals surface area contributed by atoms with E-state index in [0.717, 1.165) is 17.7 Å². The molecule has 0 fully saturated rings. The zero-order chi connectivity index (χ0) is 15.9. The largest absolute Gasteiger partial charge is 0.466 e. The fourth-order valence-corrected chi connectivity index (χ4v) is 2.27. The van der Waals surface area contributed by atoms with Crippen molar-refractivity contribution in [2.75, 3.05) is 12.4 Å². The van der Waals surface area contributed by atoms with Gasteiger partial charge in [0.15, 0.2) is 0 Å². The molecule has 114 valence electrons. The monoisotopic (exact) mass is 295 g/mol. The third-order valence-electron chi connectivity index (χ3n) is 3.60. The maximum Gasteiger partial charge on any atom is 0.335 e. The van der Waals surface area contributed by atoms with Crippen LogP contribution in [0.5, 0.6) is 0 Å². The number of nitrogens with one attached hydrogen (secondary N) is 1. The second-order valence-corrected chi connectivity index (χ2v) is 5.06. The van der Waals surface area contributed by atoms with E-state index in [0.29, 0.717) is 5.57 Å². The molecule has 3 heteroatoms. The fourth-order valence-electron chi connectivity index (χ4n) is 2.27. The summed E-state index contributed by atoms with van der Waals surface area (Å²) in [5.41, 5.74) is 3.57. The number of hydrogen-bond acceptors (Lipinski definition) is 3. The van der Waals surface area contributed by atoms with Crippen LogP contribution in [-0.4, -0.2) is 13.1 Å². The van der Waals surface area contributed by atoms with Crippen molar-refractivity contribution in [3.63, 3.8) is 0 Å². The molecule has 1 unspecified atom stereocenters. The van der Waals surface area contributed by atoms with Crippen molar-refractivity contribution in [1.82, 2.24) is 0 Å². The first kappa shape index (κ1) is 15.8. The molecule has 0 aliphatic heterocycles. The van der Waals surface area contributed by atoms with Gasteiger partial charge < -0.3 is 10.1 Å². The summed E-state index contributed by atoms with van der Waals surface area (Å²) in [7, 11) is 1.37. The van der Waals surface area contributed by atoms with Crippen LogP contribution in [0.15, 0.2) is 66.7 Å². The Morgan fingerprint density at radius 1 is 1.14 bits per heavy atom. The van der Waals surface area contributed by atoms with E-state index in [1.807, 2.05) is 42.5 Å². The molecule has 1 atom stereocenters. The molecule has 0 aliphatic carbocycles. The topological polar surface area (TPSA) is 38.3 Å². The first-order chi connectivity index (χ1) is 10.7. The van der Waals surface area contributed by atoms with Gasteiger partial charge in [-0.1, -0.05) is 56.0 Å². The number of methoxy groups -OCH3 is 1. The Kier molecular flexibility index (Phi) is 5.37. The van der Waals surface area contributed by atoms with Crippen LogP contribution < -0.4 is 5.32 Å². The van der Waals surface area contributed by atoms with Crippen LogP contribution in [0.2, 0.25) is 0 Å². The van der Waals surface area contributed by atoms with Gasteiger partial charge in [0, 0.05) is 5.69 Å². The smallest absolute Gasteiger partial charge is 0.335 e. The number of rotatable bonds is 6. The van der Waals surface area contributed by atoms with Crippen LogP contribution in [-0.2, 0) is 16.0 Å². The minimum Gasteiger partial charge on any atom is -0.466 e. The lowest BCUT2D eigenvalue weighted by molar-refractivity contribution is -0.136. The molecule has 2 aromatic rings. The lowest BCUT2D eigenvalue weighted by Gasteiger charge is -2.21. The predicted molar refractivity (Wildman–Crippen MR) is 89.8 cm³/mol. The lowest BCUT2D eigenvalue weighted by Crippen LogP contribution is -2.19. The highest BCUT2D eigenvalue weighted by molar-refractivity contribution is 5.90. The molecule has 0 spiro atoms. The molecular weight excluding hydrogens is 274 g/mol. The molecule has 0 bridgehead atoms. The number of aryl methyl sites for hydroxylation is 1. The van der Waals surface area contributed by atoms with Crippen LogP contribution in [0.4, 0.5) is 5.69 Å². The highest BCUT2D eigenvalue weighted by atomic mass is 16.5. The molecule has 2 rings (SSSR count).